The zero-order chi connectivity index (χ0) is 35.0. The van der Waals surface area contributed by atoms with E-state index in [2.05, 4.69) is 114 Å². The first kappa shape index (κ1) is 34.0. The van der Waals surface area contributed by atoms with Crippen LogP contribution in [0.25, 0.3) is 68.6 Å². The third kappa shape index (κ3) is 8.53. The van der Waals surface area contributed by atoms with Crippen LogP contribution in [0.5, 0.6) is 0 Å². The van der Waals surface area contributed by atoms with Crippen molar-refractivity contribution in [3.8, 4) is 22.3 Å². The molecule has 0 unspecified atom stereocenters. The molecular weight excluding hydrogens is 671 g/mol. The van der Waals surface area contributed by atoms with Crippen LogP contribution in [0.2, 0.25) is 0 Å². The molecule has 0 spiro atoms. The Morgan fingerprint density at radius 2 is 1.04 bits per heavy atom. The predicted octanol–water partition coefficient (Wildman–Crippen LogP) is 3.15. The summed E-state index contributed by atoms with van der Waals surface area (Å²) >= 11 is 0. The number of rotatable bonds is 2. The maximum atomic E-state index is 10.1. The number of fused-ring (bicyclic) bond motifs is 8. The van der Waals surface area contributed by atoms with Crippen molar-refractivity contribution in [1.29, 1.82) is 0 Å². The van der Waals surface area contributed by atoms with Crippen molar-refractivity contribution < 1.29 is 43.1 Å². The molecule has 0 saturated heterocycles. The largest absolute Gasteiger partial charge is 0.722 e. The molecule has 2 aliphatic heterocycles. The van der Waals surface area contributed by atoms with E-state index in [1.54, 1.807) is 0 Å². The van der Waals surface area contributed by atoms with E-state index in [0.717, 1.165) is 67.1 Å². The number of halogens is 2. The number of hydrogen-bond acceptors (Lipinski definition) is 8. The smallest absolute Gasteiger partial charge is 0.255 e. The molecule has 2 N–H and O–H groups in total. The standard InChI is InChI=1S/C30H28N8.2FHO3S/c1-35-15-19(16-36(35)2)29-25-9-5-21(31-25)13-23-7-11-27(33-23)30(20-17-37(3)38(4)18-20)28-12-8-24(34-28)14-22-6-10-26(29)32-22;2*1-5(2,3)4/h5-18,31-32H,1-4H3;2*(H,2,3,4)/q+2;;/p-2. The van der Waals surface area contributed by atoms with Crippen molar-refractivity contribution in [2.24, 2.45) is 28.2 Å². The first-order valence-electron chi connectivity index (χ1n) is 13.9. The van der Waals surface area contributed by atoms with E-state index in [1.807, 2.05) is 28.2 Å². The molecule has 0 amide bonds. The molecule has 48 heavy (non-hydrogen) atoms. The first-order chi connectivity index (χ1) is 22.4. The third-order valence-electron chi connectivity index (χ3n) is 7.27. The first-order valence-corrected chi connectivity index (χ1v) is 16.5. The van der Waals surface area contributed by atoms with Crippen molar-refractivity contribution in [2.75, 3.05) is 0 Å². The zero-order valence-corrected chi connectivity index (χ0v) is 27.4. The summed E-state index contributed by atoms with van der Waals surface area (Å²) in [7, 11) is -2.69. The molecule has 7 rings (SSSR count). The summed E-state index contributed by atoms with van der Waals surface area (Å²) in [5.74, 6) is 0. The fourth-order valence-corrected chi connectivity index (χ4v) is 5.18. The van der Waals surface area contributed by atoms with Gasteiger partial charge >= 0.3 is 0 Å². The Morgan fingerprint density at radius 1 is 0.667 bits per heavy atom. The minimum Gasteiger partial charge on any atom is -0.722 e. The molecule has 0 aliphatic carbocycles. The number of hydrogen-bond donors (Lipinski definition) is 2. The minimum atomic E-state index is -5.42. The summed E-state index contributed by atoms with van der Waals surface area (Å²) in [6, 6.07) is 12.6. The van der Waals surface area contributed by atoms with Gasteiger partial charge < -0.3 is 19.1 Å². The van der Waals surface area contributed by atoms with Gasteiger partial charge in [-0.25, -0.2) is 26.8 Å². The van der Waals surface area contributed by atoms with Crippen LogP contribution < -0.4 is 9.36 Å². The highest BCUT2D eigenvalue weighted by Crippen LogP contribution is 2.31. The normalized spacial score (nSPS) is 12.3. The molecule has 0 aromatic carbocycles. The predicted molar refractivity (Wildman–Crippen MR) is 172 cm³/mol. The van der Waals surface area contributed by atoms with Crippen LogP contribution in [0.3, 0.4) is 0 Å². The maximum Gasteiger partial charge on any atom is 0.255 e. The lowest BCUT2D eigenvalue weighted by Crippen LogP contribution is -2.35. The second-order valence-corrected chi connectivity index (χ2v) is 12.3. The van der Waals surface area contributed by atoms with Crippen LogP contribution in [0, 0.1) is 0 Å². The lowest BCUT2D eigenvalue weighted by atomic mass is 10.1. The van der Waals surface area contributed by atoms with E-state index < -0.39 is 21.0 Å². The average Bonchev–Trinajstić information content (AvgIpc) is 3.79. The Bertz CT molecular complexity index is 2310. The Hall–Kier alpha value is -5.30. The molecular formula is C30H28F2N8O6S2. The minimum absolute atomic E-state index is 0.895. The van der Waals surface area contributed by atoms with Gasteiger partial charge in [-0.15, -0.1) is 17.1 Å². The summed E-state index contributed by atoms with van der Waals surface area (Å²) in [5.41, 5.74) is 12.0. The Balaban J connectivity index is 0.000000397. The van der Waals surface area contributed by atoms with Crippen LogP contribution in [0.4, 0.5) is 7.77 Å². The monoisotopic (exact) mass is 698 g/mol. The van der Waals surface area contributed by atoms with Gasteiger partial charge in [0.05, 0.1) is 60.4 Å². The number of nitrogens with one attached hydrogen (secondary N) is 2. The van der Waals surface area contributed by atoms with Crippen molar-refractivity contribution >= 4 is 67.4 Å². The molecule has 250 valence electrons. The van der Waals surface area contributed by atoms with Crippen molar-refractivity contribution in [3.63, 3.8) is 0 Å². The van der Waals surface area contributed by atoms with Crippen molar-refractivity contribution in [2.45, 2.75) is 0 Å². The molecule has 14 nitrogen and oxygen atoms in total. The molecule has 5 aromatic rings. The summed E-state index contributed by atoms with van der Waals surface area (Å²) in [5, 5.41) is 0. The second kappa shape index (κ2) is 13.1. The van der Waals surface area contributed by atoms with Crippen molar-refractivity contribution in [3.05, 3.63) is 84.0 Å². The van der Waals surface area contributed by atoms with Gasteiger partial charge in [0.2, 0.25) is 12.4 Å². The highest BCUT2D eigenvalue weighted by atomic mass is 32.3. The van der Waals surface area contributed by atoms with E-state index in [0.29, 0.717) is 0 Å². The highest BCUT2D eigenvalue weighted by Gasteiger charge is 2.19. The molecule has 0 fully saturated rings. The van der Waals surface area contributed by atoms with Gasteiger partial charge in [-0.2, -0.15) is 9.36 Å². The fraction of sp³-hybridized carbons (Fsp3) is 0.133. The number of aromatic amines is 2. The Morgan fingerprint density at radius 3 is 1.40 bits per heavy atom. The molecule has 0 radical (unpaired) electrons. The Labute approximate surface area is 273 Å². The lowest BCUT2D eigenvalue weighted by molar-refractivity contribution is -0.751. The number of nitrogens with zero attached hydrogens (tertiary/aromatic N) is 6. The average molecular weight is 699 g/mol. The van der Waals surface area contributed by atoms with E-state index in [1.165, 1.54) is 0 Å². The van der Waals surface area contributed by atoms with Crippen LogP contribution in [-0.2, 0) is 49.2 Å². The SMILES string of the molecule is Cn1cc(-c2c3nc(cc4ccc([nH]4)c(-c4cn(C)[n+](C)c4)c4ccc(cc5nc2C=C5)[nH]4)C=C3)c[n+]1C.O=S(=O)([O-])F.O=S(=O)([O-])F. The topological polar surface area (TPSA) is 189 Å². The maximum absolute atomic E-state index is 10.1. The zero-order valence-electron chi connectivity index (χ0n) is 25.8. The molecule has 18 heteroatoms. The Kier molecular flexibility index (Phi) is 9.27. The van der Waals surface area contributed by atoms with Gasteiger partial charge in [0.15, 0.2) is 14.1 Å². The molecule has 0 atom stereocenters. The van der Waals surface area contributed by atoms with Gasteiger partial charge in [0.1, 0.15) is 0 Å². The number of aromatic nitrogens is 8. The second-order valence-electron chi connectivity index (χ2n) is 10.7. The highest BCUT2D eigenvalue weighted by molar-refractivity contribution is 7.80. The molecule has 5 aromatic heterocycles. The van der Waals surface area contributed by atoms with E-state index >= 15 is 0 Å². The van der Waals surface area contributed by atoms with Gasteiger partial charge in [-0.05, 0) is 60.7 Å². The summed E-state index contributed by atoms with van der Waals surface area (Å²) < 4.78 is 78.9. The van der Waals surface area contributed by atoms with Crippen molar-refractivity contribution in [1.82, 2.24) is 29.3 Å². The van der Waals surface area contributed by atoms with Crippen LogP contribution in [0.1, 0.15) is 22.8 Å². The molecule has 8 bridgehead atoms. The molecule has 0 saturated carbocycles. The lowest BCUT2D eigenvalue weighted by Gasteiger charge is -1.99. The number of H-pyrrole nitrogens is 2. The van der Waals surface area contributed by atoms with Crippen LogP contribution >= 0.6 is 0 Å². The van der Waals surface area contributed by atoms with Gasteiger partial charge in [0.25, 0.3) is 21.0 Å². The third-order valence-corrected chi connectivity index (χ3v) is 7.27. The van der Waals surface area contributed by atoms with E-state index in [9.17, 15) is 7.77 Å². The van der Waals surface area contributed by atoms with Crippen LogP contribution in [0.15, 0.2) is 61.2 Å². The van der Waals surface area contributed by atoms with E-state index in [-0.39, 0.29) is 0 Å². The van der Waals surface area contributed by atoms with E-state index in [4.69, 9.17) is 35.9 Å². The molecule has 7 heterocycles. The van der Waals surface area contributed by atoms with Crippen LogP contribution in [-0.4, -0.2) is 55.2 Å². The number of aryl methyl sites for hydroxylation is 4. The summed E-state index contributed by atoms with van der Waals surface area (Å²) in [4.78, 5) is 17.2. The summed E-state index contributed by atoms with van der Waals surface area (Å²) in [6.45, 7) is 0. The van der Waals surface area contributed by atoms with Gasteiger partial charge in [-0.3, -0.25) is 0 Å². The quantitative estimate of drug-likeness (QED) is 0.156. The fourth-order valence-electron chi connectivity index (χ4n) is 5.18. The van der Waals surface area contributed by atoms with Gasteiger partial charge in [0, 0.05) is 33.2 Å². The van der Waals surface area contributed by atoms with Gasteiger partial charge in [-0.1, -0.05) is 0 Å². The molecule has 2 aliphatic rings. The summed E-state index contributed by atoms with van der Waals surface area (Å²) in [6.07, 6.45) is 16.8.